The summed E-state index contributed by atoms with van der Waals surface area (Å²) in [6.45, 7) is 1.93. The standard InChI is InChI=1S/C17H23BN2O3/c1-19(11-14-7-3-5-9-16(14)18(22)23)13-20(2)12-15-8-4-6-10-17(15)21/h3-10,21-23H,11-13H2,1-2H3. The average Bonchev–Trinajstić information content (AvgIpc) is 2.49. The summed E-state index contributed by atoms with van der Waals surface area (Å²) in [5, 5.41) is 28.7. The predicted molar refractivity (Wildman–Crippen MR) is 92.2 cm³/mol. The minimum absolute atomic E-state index is 0.302. The maximum Gasteiger partial charge on any atom is 0.488 e. The Morgan fingerprint density at radius 1 is 0.826 bits per heavy atom. The minimum Gasteiger partial charge on any atom is -0.508 e. The van der Waals surface area contributed by atoms with Crippen molar-refractivity contribution in [2.75, 3.05) is 20.8 Å². The summed E-state index contributed by atoms with van der Waals surface area (Å²) >= 11 is 0. The van der Waals surface area contributed by atoms with Crippen molar-refractivity contribution >= 4 is 12.6 Å². The molecule has 0 unspecified atom stereocenters. The summed E-state index contributed by atoms with van der Waals surface area (Å²) in [6.07, 6.45) is 0. The Hall–Kier alpha value is -1.86. The second-order valence-corrected chi connectivity index (χ2v) is 5.87. The monoisotopic (exact) mass is 314 g/mol. The molecule has 5 nitrogen and oxygen atoms in total. The molecule has 122 valence electrons. The number of aromatic hydroxyl groups is 1. The molecule has 0 bridgehead atoms. The van der Waals surface area contributed by atoms with Gasteiger partial charge in [0.15, 0.2) is 0 Å². The molecule has 0 radical (unpaired) electrons. The molecule has 2 rings (SSSR count). The summed E-state index contributed by atoms with van der Waals surface area (Å²) in [6, 6.07) is 14.6. The van der Waals surface area contributed by atoms with Crippen LogP contribution in [0.4, 0.5) is 0 Å². The van der Waals surface area contributed by atoms with Gasteiger partial charge in [-0.2, -0.15) is 0 Å². The highest BCUT2D eigenvalue weighted by Gasteiger charge is 2.16. The predicted octanol–water partition coefficient (Wildman–Crippen LogP) is 0.593. The maximum atomic E-state index is 9.83. The van der Waals surface area contributed by atoms with Gasteiger partial charge in [-0.25, -0.2) is 0 Å². The number of rotatable bonds is 7. The van der Waals surface area contributed by atoms with E-state index < -0.39 is 7.12 Å². The van der Waals surface area contributed by atoms with Crippen molar-refractivity contribution in [3.63, 3.8) is 0 Å². The molecule has 6 heteroatoms. The zero-order valence-electron chi connectivity index (χ0n) is 13.6. The average molecular weight is 314 g/mol. The van der Waals surface area contributed by atoms with Crippen molar-refractivity contribution in [2.45, 2.75) is 13.1 Å². The topological polar surface area (TPSA) is 67.2 Å². The molecule has 2 aromatic rings. The lowest BCUT2D eigenvalue weighted by molar-refractivity contribution is 0.170. The van der Waals surface area contributed by atoms with Crippen LogP contribution in [0.25, 0.3) is 0 Å². The Labute approximate surface area is 137 Å². The third kappa shape index (κ3) is 5.08. The lowest BCUT2D eigenvalue weighted by atomic mass is 9.77. The number of hydrogen-bond donors (Lipinski definition) is 3. The van der Waals surface area contributed by atoms with Gasteiger partial charge in [0.1, 0.15) is 5.75 Å². The van der Waals surface area contributed by atoms with Gasteiger partial charge in [-0.3, -0.25) is 9.80 Å². The highest BCUT2D eigenvalue weighted by Crippen LogP contribution is 2.17. The summed E-state index contributed by atoms with van der Waals surface area (Å²) < 4.78 is 0. The molecular formula is C17H23BN2O3. The van der Waals surface area contributed by atoms with E-state index in [0.29, 0.717) is 31.0 Å². The third-order valence-electron chi connectivity index (χ3n) is 3.69. The van der Waals surface area contributed by atoms with Gasteiger partial charge in [0.2, 0.25) is 0 Å². The van der Waals surface area contributed by atoms with E-state index in [0.717, 1.165) is 11.1 Å². The largest absolute Gasteiger partial charge is 0.508 e. The second kappa shape index (κ2) is 8.13. The zero-order chi connectivity index (χ0) is 16.8. The first-order valence-electron chi connectivity index (χ1n) is 7.55. The molecule has 3 N–H and O–H groups in total. The molecule has 0 fully saturated rings. The van der Waals surface area contributed by atoms with Gasteiger partial charge in [-0.05, 0) is 31.2 Å². The SMILES string of the molecule is CN(Cc1ccccc1O)CN(C)Cc1ccccc1B(O)O. The molecule has 0 saturated heterocycles. The Morgan fingerprint density at radius 2 is 1.35 bits per heavy atom. The number of nitrogens with zero attached hydrogens (tertiary/aromatic N) is 2. The van der Waals surface area contributed by atoms with E-state index in [-0.39, 0.29) is 0 Å². The van der Waals surface area contributed by atoms with Crippen LogP contribution < -0.4 is 5.46 Å². The van der Waals surface area contributed by atoms with Gasteiger partial charge in [-0.15, -0.1) is 0 Å². The van der Waals surface area contributed by atoms with Crippen molar-refractivity contribution < 1.29 is 15.2 Å². The fraction of sp³-hybridized carbons (Fsp3) is 0.294. The Kier molecular flexibility index (Phi) is 6.18. The van der Waals surface area contributed by atoms with Gasteiger partial charge >= 0.3 is 7.12 Å². The van der Waals surface area contributed by atoms with Crippen LogP contribution in [0.2, 0.25) is 0 Å². The van der Waals surface area contributed by atoms with Crippen molar-refractivity contribution in [3.05, 3.63) is 59.7 Å². The van der Waals surface area contributed by atoms with E-state index in [2.05, 4.69) is 9.80 Å². The van der Waals surface area contributed by atoms with E-state index >= 15 is 0 Å². The van der Waals surface area contributed by atoms with Crippen LogP contribution in [-0.4, -0.2) is 52.8 Å². The van der Waals surface area contributed by atoms with E-state index in [9.17, 15) is 15.2 Å². The fourth-order valence-corrected chi connectivity index (χ4v) is 2.67. The summed E-state index contributed by atoms with van der Waals surface area (Å²) in [5.74, 6) is 0.302. The van der Waals surface area contributed by atoms with Gasteiger partial charge < -0.3 is 15.2 Å². The van der Waals surface area contributed by atoms with Crippen LogP contribution in [0, 0.1) is 0 Å². The molecule has 23 heavy (non-hydrogen) atoms. The van der Waals surface area contributed by atoms with Crippen molar-refractivity contribution in [3.8, 4) is 5.75 Å². The lowest BCUT2D eigenvalue weighted by Gasteiger charge is -2.25. The molecule has 0 aliphatic heterocycles. The van der Waals surface area contributed by atoms with Crippen LogP contribution in [0.15, 0.2) is 48.5 Å². The summed E-state index contributed by atoms with van der Waals surface area (Å²) in [7, 11) is 2.50. The van der Waals surface area contributed by atoms with E-state index in [1.165, 1.54) is 0 Å². The first-order valence-corrected chi connectivity index (χ1v) is 7.55. The third-order valence-corrected chi connectivity index (χ3v) is 3.69. The zero-order valence-corrected chi connectivity index (χ0v) is 13.6. The highest BCUT2D eigenvalue weighted by molar-refractivity contribution is 6.59. The molecule has 0 aromatic heterocycles. The maximum absolute atomic E-state index is 9.83. The minimum atomic E-state index is -1.46. The van der Waals surface area contributed by atoms with Crippen molar-refractivity contribution in [1.82, 2.24) is 9.80 Å². The van der Waals surface area contributed by atoms with Crippen molar-refractivity contribution in [2.24, 2.45) is 0 Å². The first-order chi connectivity index (χ1) is 11.0. The molecule has 0 heterocycles. The summed E-state index contributed by atoms with van der Waals surface area (Å²) in [4.78, 5) is 4.17. The Balaban J connectivity index is 1.94. The van der Waals surface area contributed by atoms with Gasteiger partial charge in [0.25, 0.3) is 0 Å². The normalized spacial score (nSPS) is 11.2. The molecule has 0 aliphatic carbocycles. The fourth-order valence-electron chi connectivity index (χ4n) is 2.67. The second-order valence-electron chi connectivity index (χ2n) is 5.87. The molecule has 0 aliphatic rings. The Bertz CT molecular complexity index is 637. The van der Waals surface area contributed by atoms with Gasteiger partial charge in [0.05, 0.1) is 6.67 Å². The highest BCUT2D eigenvalue weighted by atomic mass is 16.4. The number of hydrogen-bond acceptors (Lipinski definition) is 5. The van der Waals surface area contributed by atoms with Crippen LogP contribution >= 0.6 is 0 Å². The van der Waals surface area contributed by atoms with Gasteiger partial charge in [-0.1, -0.05) is 42.5 Å². The number of phenolic OH excluding ortho intramolecular Hbond substituents is 1. The van der Waals surface area contributed by atoms with Crippen LogP contribution in [0.3, 0.4) is 0 Å². The summed E-state index contributed by atoms with van der Waals surface area (Å²) in [5.41, 5.74) is 2.30. The molecule has 0 atom stereocenters. The smallest absolute Gasteiger partial charge is 0.488 e. The lowest BCUT2D eigenvalue weighted by Crippen LogP contribution is -2.37. The van der Waals surface area contributed by atoms with E-state index in [1.807, 2.05) is 44.4 Å². The van der Waals surface area contributed by atoms with Crippen LogP contribution in [-0.2, 0) is 13.1 Å². The quantitative estimate of drug-likeness (QED) is 0.516. The first kappa shape index (κ1) is 17.5. The van der Waals surface area contributed by atoms with E-state index in [4.69, 9.17) is 0 Å². The molecular weight excluding hydrogens is 291 g/mol. The van der Waals surface area contributed by atoms with Crippen LogP contribution in [0.1, 0.15) is 11.1 Å². The van der Waals surface area contributed by atoms with Gasteiger partial charge in [0, 0.05) is 18.7 Å². The van der Waals surface area contributed by atoms with Crippen LogP contribution in [0.5, 0.6) is 5.75 Å². The number of para-hydroxylation sites is 1. The molecule has 2 aromatic carbocycles. The Morgan fingerprint density at radius 3 is 1.96 bits per heavy atom. The number of phenols is 1. The molecule has 0 amide bonds. The number of benzene rings is 2. The van der Waals surface area contributed by atoms with Crippen molar-refractivity contribution in [1.29, 1.82) is 0 Å². The molecule has 0 saturated carbocycles. The van der Waals surface area contributed by atoms with E-state index in [1.54, 1.807) is 18.2 Å². The molecule has 0 spiro atoms.